The second-order valence-corrected chi connectivity index (χ2v) is 8.22. The lowest BCUT2D eigenvalue weighted by Gasteiger charge is -2.12. The van der Waals surface area contributed by atoms with Crippen molar-refractivity contribution in [1.82, 2.24) is 4.72 Å². The summed E-state index contributed by atoms with van der Waals surface area (Å²) in [6.07, 6.45) is 1.47. The maximum absolute atomic E-state index is 13.5. The third-order valence-corrected chi connectivity index (χ3v) is 5.54. The number of halogens is 2. The number of thiocarbonyl (C=S) groups is 1. The molecule has 6 nitrogen and oxygen atoms in total. The molecule has 3 aromatic rings. The summed E-state index contributed by atoms with van der Waals surface area (Å²) in [5.41, 5.74) is 0.998. The molecule has 10 heteroatoms. The molecule has 0 amide bonds. The van der Waals surface area contributed by atoms with Crippen LogP contribution >= 0.6 is 23.8 Å². The molecule has 0 atom stereocenters. The normalized spacial score (nSPS) is 11.2. The summed E-state index contributed by atoms with van der Waals surface area (Å²) in [7, 11) is -3.68. The summed E-state index contributed by atoms with van der Waals surface area (Å²) in [5.74, 6) is -0.0528. The Kier molecular flexibility index (Phi) is 6.30. The second-order valence-electron chi connectivity index (χ2n) is 5.64. The van der Waals surface area contributed by atoms with Crippen LogP contribution in [0.5, 0.6) is 0 Å². The van der Waals surface area contributed by atoms with E-state index < -0.39 is 15.8 Å². The van der Waals surface area contributed by atoms with Gasteiger partial charge in [0.2, 0.25) is 10.0 Å². The SMILES string of the molecule is O=S(=O)(NCc1ccco1)c1ccc(NC(=S)Nc2ccc(Cl)c(F)c2)cc1. The fourth-order valence-electron chi connectivity index (χ4n) is 2.25. The van der Waals surface area contributed by atoms with E-state index in [0.717, 1.165) is 0 Å². The maximum Gasteiger partial charge on any atom is 0.240 e. The van der Waals surface area contributed by atoms with Gasteiger partial charge in [-0.1, -0.05) is 11.6 Å². The van der Waals surface area contributed by atoms with E-state index in [4.69, 9.17) is 28.2 Å². The first kappa shape index (κ1) is 20.3. The van der Waals surface area contributed by atoms with Crippen LogP contribution in [0.15, 0.2) is 70.2 Å². The highest BCUT2D eigenvalue weighted by molar-refractivity contribution is 7.89. The van der Waals surface area contributed by atoms with Crippen molar-refractivity contribution >= 4 is 50.3 Å². The molecule has 0 aliphatic rings. The zero-order valence-corrected chi connectivity index (χ0v) is 16.7. The van der Waals surface area contributed by atoms with Crippen molar-refractivity contribution < 1.29 is 17.2 Å². The largest absolute Gasteiger partial charge is 0.468 e. The molecule has 0 spiro atoms. The van der Waals surface area contributed by atoms with Crippen molar-refractivity contribution in [3.63, 3.8) is 0 Å². The second kappa shape index (κ2) is 8.70. The highest BCUT2D eigenvalue weighted by Gasteiger charge is 2.14. The first-order valence-electron chi connectivity index (χ1n) is 7.99. The molecule has 146 valence electrons. The third kappa shape index (κ3) is 5.29. The Hall–Kier alpha value is -2.46. The number of furan rings is 1. The Bertz CT molecular complexity index is 1070. The summed E-state index contributed by atoms with van der Waals surface area (Å²) >= 11 is 10.8. The van der Waals surface area contributed by atoms with E-state index in [1.165, 1.54) is 30.5 Å². The number of benzene rings is 2. The van der Waals surface area contributed by atoms with Gasteiger partial charge < -0.3 is 15.1 Å². The van der Waals surface area contributed by atoms with Gasteiger partial charge in [-0.2, -0.15) is 0 Å². The van der Waals surface area contributed by atoms with Crippen LogP contribution in [0.3, 0.4) is 0 Å². The van der Waals surface area contributed by atoms with Gasteiger partial charge in [0.15, 0.2) is 5.11 Å². The van der Waals surface area contributed by atoms with Crippen LogP contribution in [-0.2, 0) is 16.6 Å². The number of nitrogens with one attached hydrogen (secondary N) is 3. The number of rotatable bonds is 6. The van der Waals surface area contributed by atoms with E-state index in [9.17, 15) is 12.8 Å². The molecular weight excluding hydrogens is 425 g/mol. The van der Waals surface area contributed by atoms with Crippen molar-refractivity contribution in [3.8, 4) is 0 Å². The van der Waals surface area contributed by atoms with Gasteiger partial charge in [0, 0.05) is 11.4 Å². The predicted octanol–water partition coefficient (Wildman–Crippen LogP) is 4.36. The van der Waals surface area contributed by atoms with Gasteiger partial charge in [-0.25, -0.2) is 17.5 Å². The number of sulfonamides is 1. The van der Waals surface area contributed by atoms with Gasteiger partial charge in [-0.15, -0.1) is 0 Å². The lowest BCUT2D eigenvalue weighted by Crippen LogP contribution is -2.23. The molecule has 0 aliphatic heterocycles. The molecule has 0 saturated carbocycles. The highest BCUT2D eigenvalue weighted by Crippen LogP contribution is 2.19. The van der Waals surface area contributed by atoms with Crippen molar-refractivity contribution in [3.05, 3.63) is 77.5 Å². The molecule has 0 bridgehead atoms. The molecule has 0 fully saturated rings. The highest BCUT2D eigenvalue weighted by atomic mass is 35.5. The molecule has 28 heavy (non-hydrogen) atoms. The molecular formula is C18H15ClFN3O3S2. The minimum atomic E-state index is -3.68. The number of hydrogen-bond acceptors (Lipinski definition) is 4. The van der Waals surface area contributed by atoms with Gasteiger partial charge in [0.1, 0.15) is 11.6 Å². The Labute approximate surface area is 171 Å². The van der Waals surface area contributed by atoms with Crippen molar-refractivity contribution in [2.45, 2.75) is 11.4 Å². The van der Waals surface area contributed by atoms with Crippen LogP contribution in [0.2, 0.25) is 5.02 Å². The Morgan fingerprint density at radius 2 is 1.75 bits per heavy atom. The van der Waals surface area contributed by atoms with Crippen molar-refractivity contribution in [1.29, 1.82) is 0 Å². The van der Waals surface area contributed by atoms with Crippen LogP contribution in [0, 0.1) is 5.82 Å². The summed E-state index contributed by atoms with van der Waals surface area (Å²) in [6, 6.07) is 13.6. The Balaban J connectivity index is 1.60. The van der Waals surface area contributed by atoms with Gasteiger partial charge in [0.05, 0.1) is 22.7 Å². The summed E-state index contributed by atoms with van der Waals surface area (Å²) in [5, 5.41) is 5.94. The first-order chi connectivity index (χ1) is 13.3. The fraction of sp³-hybridized carbons (Fsp3) is 0.0556. The average Bonchev–Trinajstić information content (AvgIpc) is 3.17. The van der Waals surface area contributed by atoms with E-state index in [0.29, 0.717) is 17.1 Å². The molecule has 0 unspecified atom stereocenters. The van der Waals surface area contributed by atoms with Crippen LogP contribution < -0.4 is 15.4 Å². The van der Waals surface area contributed by atoms with Crippen LogP contribution in [0.4, 0.5) is 15.8 Å². The third-order valence-electron chi connectivity index (χ3n) is 3.62. The van der Waals surface area contributed by atoms with Gasteiger partial charge in [-0.3, -0.25) is 0 Å². The minimum Gasteiger partial charge on any atom is -0.468 e. The molecule has 0 aliphatic carbocycles. The summed E-state index contributed by atoms with van der Waals surface area (Å²) in [4.78, 5) is 0.100. The van der Waals surface area contributed by atoms with Gasteiger partial charge >= 0.3 is 0 Å². The summed E-state index contributed by atoms with van der Waals surface area (Å²) in [6.45, 7) is 0.0565. The molecule has 1 aromatic heterocycles. The van der Waals surface area contributed by atoms with Crippen molar-refractivity contribution in [2.75, 3.05) is 10.6 Å². The molecule has 1 heterocycles. The van der Waals surface area contributed by atoms with E-state index >= 15 is 0 Å². The minimum absolute atomic E-state index is 0.0156. The van der Waals surface area contributed by atoms with Crippen LogP contribution in [0.25, 0.3) is 0 Å². The van der Waals surface area contributed by atoms with E-state index in [1.54, 1.807) is 30.3 Å². The zero-order chi connectivity index (χ0) is 20.1. The Morgan fingerprint density at radius 3 is 2.39 bits per heavy atom. The lowest BCUT2D eigenvalue weighted by molar-refractivity contribution is 0.498. The molecule has 2 aromatic carbocycles. The van der Waals surface area contributed by atoms with E-state index in [1.807, 2.05) is 0 Å². The number of anilines is 2. The topological polar surface area (TPSA) is 83.4 Å². The monoisotopic (exact) mass is 439 g/mol. The Morgan fingerprint density at radius 1 is 1.07 bits per heavy atom. The average molecular weight is 440 g/mol. The molecule has 0 saturated heterocycles. The lowest BCUT2D eigenvalue weighted by atomic mass is 10.3. The van der Waals surface area contributed by atoms with Gasteiger partial charge in [-0.05, 0) is 66.8 Å². The van der Waals surface area contributed by atoms with E-state index in [-0.39, 0.29) is 21.6 Å². The number of hydrogen-bond donors (Lipinski definition) is 3. The van der Waals surface area contributed by atoms with Crippen LogP contribution in [-0.4, -0.2) is 13.5 Å². The zero-order valence-electron chi connectivity index (χ0n) is 14.3. The summed E-state index contributed by atoms with van der Waals surface area (Å²) < 4.78 is 45.6. The molecule has 3 N–H and O–H groups in total. The fourth-order valence-corrected chi connectivity index (χ4v) is 3.59. The first-order valence-corrected chi connectivity index (χ1v) is 10.3. The smallest absolute Gasteiger partial charge is 0.240 e. The van der Waals surface area contributed by atoms with Gasteiger partial charge in [0.25, 0.3) is 0 Å². The maximum atomic E-state index is 13.5. The van der Waals surface area contributed by atoms with Crippen molar-refractivity contribution in [2.24, 2.45) is 0 Å². The molecule has 0 radical (unpaired) electrons. The molecule has 3 rings (SSSR count). The van der Waals surface area contributed by atoms with E-state index in [2.05, 4.69) is 15.4 Å². The standard InChI is InChI=1S/C18H15ClFN3O3S2/c19-16-8-5-13(10-17(16)20)23-18(27)22-12-3-6-15(7-4-12)28(24,25)21-11-14-2-1-9-26-14/h1-10,21H,11H2,(H2,22,23,27). The predicted molar refractivity (Wildman–Crippen MR) is 110 cm³/mol. The quantitative estimate of drug-likeness (QED) is 0.495. The van der Waals surface area contributed by atoms with Crippen LogP contribution in [0.1, 0.15) is 5.76 Å².